The lowest BCUT2D eigenvalue weighted by Crippen LogP contribution is -2.33. The smallest absolute Gasteiger partial charge is 0.135 e. The van der Waals surface area contributed by atoms with Gasteiger partial charge in [-0.15, -0.1) is 0 Å². The van der Waals surface area contributed by atoms with Crippen molar-refractivity contribution in [1.29, 1.82) is 0 Å². The summed E-state index contributed by atoms with van der Waals surface area (Å²) >= 11 is 3.48. The maximum atomic E-state index is 4.62. The standard InChI is InChI=1S/C15H23BrN4/c1-20(12-4-2-3-5-12)9-8-17-14-10-13(16)18-15(19-14)11-6-7-11/h10-12H,2-9H2,1H3,(H,17,18,19). The van der Waals surface area contributed by atoms with E-state index in [1.165, 1.54) is 38.5 Å². The fourth-order valence-corrected chi connectivity index (χ4v) is 3.34. The van der Waals surface area contributed by atoms with Crippen LogP contribution in [-0.4, -0.2) is 41.0 Å². The lowest BCUT2D eigenvalue weighted by Gasteiger charge is -2.24. The Morgan fingerprint density at radius 2 is 2.00 bits per heavy atom. The van der Waals surface area contributed by atoms with Crippen LogP contribution in [0.4, 0.5) is 5.82 Å². The summed E-state index contributed by atoms with van der Waals surface area (Å²) in [6.45, 7) is 2.02. The Bertz CT molecular complexity index is 455. The van der Waals surface area contributed by atoms with Crippen molar-refractivity contribution >= 4 is 21.7 Å². The van der Waals surface area contributed by atoms with Crippen molar-refractivity contribution < 1.29 is 0 Å². The van der Waals surface area contributed by atoms with E-state index in [4.69, 9.17) is 0 Å². The molecule has 1 aromatic heterocycles. The van der Waals surface area contributed by atoms with Crippen molar-refractivity contribution in [2.24, 2.45) is 0 Å². The number of hydrogen-bond acceptors (Lipinski definition) is 4. The Morgan fingerprint density at radius 1 is 1.25 bits per heavy atom. The van der Waals surface area contributed by atoms with Gasteiger partial charge >= 0.3 is 0 Å². The van der Waals surface area contributed by atoms with Crippen LogP contribution in [0.5, 0.6) is 0 Å². The van der Waals surface area contributed by atoms with Crippen LogP contribution in [0.1, 0.15) is 50.3 Å². The minimum atomic E-state index is 0.592. The molecule has 2 fully saturated rings. The van der Waals surface area contributed by atoms with E-state index < -0.39 is 0 Å². The van der Waals surface area contributed by atoms with Crippen molar-refractivity contribution in [2.45, 2.75) is 50.5 Å². The third kappa shape index (κ3) is 3.70. The van der Waals surface area contributed by atoms with Crippen molar-refractivity contribution in [2.75, 3.05) is 25.5 Å². The van der Waals surface area contributed by atoms with E-state index in [1.807, 2.05) is 6.07 Å². The van der Waals surface area contributed by atoms with Crippen LogP contribution in [0, 0.1) is 0 Å². The summed E-state index contributed by atoms with van der Waals surface area (Å²) in [7, 11) is 2.24. The number of anilines is 1. The predicted octanol–water partition coefficient (Wildman–Crippen LogP) is 3.40. The first kappa shape index (κ1) is 14.3. The van der Waals surface area contributed by atoms with E-state index in [0.29, 0.717) is 5.92 Å². The Morgan fingerprint density at radius 3 is 2.70 bits per heavy atom. The normalized spacial score (nSPS) is 19.8. The second-order valence-electron chi connectivity index (χ2n) is 6.05. The average molecular weight is 339 g/mol. The number of halogens is 1. The second-order valence-corrected chi connectivity index (χ2v) is 6.87. The minimum absolute atomic E-state index is 0.592. The van der Waals surface area contributed by atoms with Crippen LogP contribution in [0.2, 0.25) is 0 Å². The number of hydrogen-bond donors (Lipinski definition) is 1. The summed E-state index contributed by atoms with van der Waals surface area (Å²) in [6, 6.07) is 2.76. The highest BCUT2D eigenvalue weighted by Gasteiger charge is 2.27. The van der Waals surface area contributed by atoms with Crippen molar-refractivity contribution in [3.63, 3.8) is 0 Å². The van der Waals surface area contributed by atoms with Crippen LogP contribution < -0.4 is 5.32 Å². The Labute approximate surface area is 129 Å². The lowest BCUT2D eigenvalue weighted by molar-refractivity contribution is 0.254. The Hall–Kier alpha value is -0.680. The van der Waals surface area contributed by atoms with Gasteiger partial charge in [0.05, 0.1) is 0 Å². The minimum Gasteiger partial charge on any atom is -0.369 e. The van der Waals surface area contributed by atoms with Crippen LogP contribution >= 0.6 is 15.9 Å². The van der Waals surface area contributed by atoms with E-state index >= 15 is 0 Å². The third-order valence-electron chi connectivity index (χ3n) is 4.37. The molecule has 20 heavy (non-hydrogen) atoms. The summed E-state index contributed by atoms with van der Waals surface area (Å²) in [4.78, 5) is 11.6. The van der Waals surface area contributed by atoms with Crippen LogP contribution in [-0.2, 0) is 0 Å². The number of likely N-dealkylation sites (N-methyl/N-ethyl adjacent to an activating group) is 1. The van der Waals surface area contributed by atoms with Gasteiger partial charge in [0.25, 0.3) is 0 Å². The van der Waals surface area contributed by atoms with Gasteiger partial charge in [0.1, 0.15) is 16.2 Å². The number of rotatable bonds is 6. The molecular formula is C15H23BrN4. The van der Waals surface area contributed by atoms with Crippen LogP contribution in [0.3, 0.4) is 0 Å². The Balaban J connectivity index is 1.50. The quantitative estimate of drug-likeness (QED) is 0.807. The van der Waals surface area contributed by atoms with Crippen LogP contribution in [0.25, 0.3) is 0 Å². The fourth-order valence-electron chi connectivity index (χ4n) is 2.94. The van der Waals surface area contributed by atoms with E-state index in [0.717, 1.165) is 35.4 Å². The van der Waals surface area contributed by atoms with E-state index in [2.05, 4.69) is 43.2 Å². The van der Waals surface area contributed by atoms with Gasteiger partial charge in [-0.2, -0.15) is 0 Å². The molecule has 2 aliphatic carbocycles. The highest BCUT2D eigenvalue weighted by molar-refractivity contribution is 9.10. The zero-order chi connectivity index (χ0) is 13.9. The molecule has 2 saturated carbocycles. The van der Waals surface area contributed by atoms with E-state index in [1.54, 1.807) is 0 Å². The highest BCUT2D eigenvalue weighted by Crippen LogP contribution is 2.38. The molecule has 1 heterocycles. The fraction of sp³-hybridized carbons (Fsp3) is 0.733. The van der Waals surface area contributed by atoms with Gasteiger partial charge in [-0.1, -0.05) is 12.8 Å². The molecule has 0 aliphatic heterocycles. The van der Waals surface area contributed by atoms with Gasteiger partial charge in [-0.3, -0.25) is 0 Å². The molecule has 0 spiro atoms. The Kier molecular flexibility index (Phi) is 4.56. The molecule has 0 atom stereocenters. The maximum Gasteiger partial charge on any atom is 0.135 e. The molecule has 4 nitrogen and oxygen atoms in total. The zero-order valence-corrected chi connectivity index (χ0v) is 13.7. The lowest BCUT2D eigenvalue weighted by atomic mass is 10.2. The molecule has 1 N–H and O–H groups in total. The number of nitrogens with one attached hydrogen (secondary N) is 1. The molecule has 3 rings (SSSR count). The first-order valence-electron chi connectivity index (χ1n) is 7.71. The first-order chi connectivity index (χ1) is 9.72. The molecule has 1 aromatic rings. The van der Waals surface area contributed by atoms with Gasteiger partial charge in [-0.05, 0) is 48.7 Å². The number of aromatic nitrogens is 2. The summed E-state index contributed by atoms with van der Waals surface area (Å²) in [5, 5.41) is 3.44. The first-order valence-corrected chi connectivity index (χ1v) is 8.50. The van der Waals surface area contributed by atoms with Gasteiger partial charge in [0.15, 0.2) is 0 Å². The summed E-state index contributed by atoms with van der Waals surface area (Å²) in [6.07, 6.45) is 7.99. The van der Waals surface area contributed by atoms with E-state index in [-0.39, 0.29) is 0 Å². The average Bonchev–Trinajstić information content (AvgIpc) is 3.13. The van der Waals surface area contributed by atoms with E-state index in [9.17, 15) is 0 Å². The van der Waals surface area contributed by atoms with Gasteiger partial charge in [-0.25, -0.2) is 9.97 Å². The van der Waals surface area contributed by atoms with Gasteiger partial charge < -0.3 is 10.2 Å². The van der Waals surface area contributed by atoms with Crippen molar-refractivity contribution in [3.05, 3.63) is 16.5 Å². The maximum absolute atomic E-state index is 4.62. The van der Waals surface area contributed by atoms with Gasteiger partial charge in [0, 0.05) is 31.1 Å². The topological polar surface area (TPSA) is 41.0 Å². The molecule has 0 bridgehead atoms. The van der Waals surface area contributed by atoms with Crippen LogP contribution in [0.15, 0.2) is 10.7 Å². The molecule has 5 heteroatoms. The predicted molar refractivity (Wildman–Crippen MR) is 85.1 cm³/mol. The molecular weight excluding hydrogens is 316 g/mol. The van der Waals surface area contributed by atoms with Crippen molar-refractivity contribution in [1.82, 2.24) is 14.9 Å². The molecule has 110 valence electrons. The number of nitrogens with zero attached hydrogens (tertiary/aromatic N) is 3. The molecule has 0 unspecified atom stereocenters. The molecule has 0 radical (unpaired) electrons. The van der Waals surface area contributed by atoms with Crippen molar-refractivity contribution in [3.8, 4) is 0 Å². The summed E-state index contributed by atoms with van der Waals surface area (Å²) in [5.41, 5.74) is 0. The highest BCUT2D eigenvalue weighted by atomic mass is 79.9. The molecule has 2 aliphatic rings. The zero-order valence-electron chi connectivity index (χ0n) is 12.1. The summed E-state index contributed by atoms with van der Waals surface area (Å²) in [5.74, 6) is 2.54. The monoisotopic (exact) mass is 338 g/mol. The third-order valence-corrected chi connectivity index (χ3v) is 4.78. The molecule has 0 aromatic carbocycles. The molecule has 0 amide bonds. The largest absolute Gasteiger partial charge is 0.369 e. The SMILES string of the molecule is CN(CCNc1cc(Br)nc(C2CC2)n1)C1CCCC1. The second kappa shape index (κ2) is 6.39. The molecule has 0 saturated heterocycles. The summed E-state index contributed by atoms with van der Waals surface area (Å²) < 4.78 is 0.890. The van der Waals surface area contributed by atoms with Gasteiger partial charge in [0.2, 0.25) is 0 Å².